The number of hydrogen-bond donors (Lipinski definition) is 0. The molecule has 0 saturated heterocycles. The molecule has 0 saturated carbocycles. The van der Waals surface area contributed by atoms with E-state index in [1.807, 2.05) is 0 Å². The lowest BCUT2D eigenvalue weighted by atomic mass is 9.85. The van der Waals surface area contributed by atoms with Crippen molar-refractivity contribution in [2.75, 3.05) is 0 Å². The van der Waals surface area contributed by atoms with Gasteiger partial charge in [-0.25, -0.2) is 0 Å². The first-order valence-corrected chi connectivity index (χ1v) is 11.7. The minimum Gasteiger partial charge on any atom is -0.0622 e. The van der Waals surface area contributed by atoms with Crippen LogP contribution in [-0.4, -0.2) is 0 Å². The van der Waals surface area contributed by atoms with Crippen LogP contribution in [0.5, 0.6) is 0 Å². The van der Waals surface area contributed by atoms with E-state index in [-0.39, 0.29) is 5.41 Å². The Morgan fingerprint density at radius 2 is 1.32 bits per heavy atom. The van der Waals surface area contributed by atoms with Crippen LogP contribution in [0.3, 0.4) is 0 Å². The topological polar surface area (TPSA) is 0 Å². The van der Waals surface area contributed by atoms with Gasteiger partial charge < -0.3 is 0 Å². The molecule has 1 aliphatic rings. The Labute approximate surface area is 189 Å². The third kappa shape index (κ3) is 4.26. The minimum atomic E-state index is 0.187. The van der Waals surface area contributed by atoms with Crippen molar-refractivity contribution < 1.29 is 0 Å². The van der Waals surface area contributed by atoms with Crippen LogP contribution in [0.15, 0.2) is 66.2 Å². The maximum absolute atomic E-state index is 2.48. The van der Waals surface area contributed by atoms with Gasteiger partial charge in [-0.1, -0.05) is 121 Å². The van der Waals surface area contributed by atoms with Crippen LogP contribution in [0.25, 0.3) is 28.3 Å². The van der Waals surface area contributed by atoms with Gasteiger partial charge in [0.25, 0.3) is 0 Å². The average Bonchev–Trinajstić information content (AvgIpc) is 3.18. The molecule has 1 aliphatic carbocycles. The fourth-order valence-electron chi connectivity index (χ4n) is 4.55. The van der Waals surface area contributed by atoms with Crippen molar-refractivity contribution >= 4 is 6.08 Å². The predicted molar refractivity (Wildman–Crippen MR) is 137 cm³/mol. The van der Waals surface area contributed by atoms with Crippen LogP contribution in [0.2, 0.25) is 0 Å². The zero-order valence-electron chi connectivity index (χ0n) is 20.2. The normalized spacial score (nSPS) is 13.6. The second-order valence-electron chi connectivity index (χ2n) is 10.7. The van der Waals surface area contributed by atoms with Gasteiger partial charge in [0, 0.05) is 0 Å². The molecule has 4 rings (SSSR count). The van der Waals surface area contributed by atoms with E-state index in [9.17, 15) is 0 Å². The zero-order chi connectivity index (χ0) is 22.3. The maximum atomic E-state index is 2.48. The summed E-state index contributed by atoms with van der Waals surface area (Å²) < 4.78 is 0. The molecule has 0 heterocycles. The van der Waals surface area contributed by atoms with Gasteiger partial charge in [-0.15, -0.1) is 0 Å². The molecule has 160 valence electrons. The summed E-state index contributed by atoms with van der Waals surface area (Å²) in [5.41, 5.74) is 12.8. The van der Waals surface area contributed by atoms with Crippen molar-refractivity contribution in [1.82, 2.24) is 0 Å². The predicted octanol–water partition coefficient (Wildman–Crippen LogP) is 9.25. The molecule has 0 amide bonds. The van der Waals surface area contributed by atoms with Crippen molar-refractivity contribution in [2.24, 2.45) is 5.41 Å². The lowest BCUT2D eigenvalue weighted by Crippen LogP contribution is -2.08. The molecule has 0 spiro atoms. The molecule has 0 N–H and O–H groups in total. The van der Waals surface area contributed by atoms with Gasteiger partial charge in [-0.05, 0) is 68.2 Å². The fourth-order valence-corrected chi connectivity index (χ4v) is 4.55. The number of hydrogen-bond acceptors (Lipinski definition) is 0. The monoisotopic (exact) mass is 408 g/mol. The van der Waals surface area contributed by atoms with Crippen LogP contribution < -0.4 is 0 Å². The summed E-state index contributed by atoms with van der Waals surface area (Å²) in [5.74, 6) is 1.02. The molecular weight excluding hydrogens is 372 g/mol. The van der Waals surface area contributed by atoms with E-state index in [0.717, 1.165) is 6.42 Å². The number of fused-ring (bicyclic) bond motifs is 1. The van der Waals surface area contributed by atoms with Crippen molar-refractivity contribution in [1.29, 1.82) is 0 Å². The molecule has 3 aromatic carbocycles. The van der Waals surface area contributed by atoms with E-state index in [0.29, 0.717) is 11.8 Å². The maximum Gasteiger partial charge on any atom is -0.00298 e. The SMILES string of the molecule is CC(C)c1cc(-c2c(-c3ccccc3)ccc3c2C=C(C(C)(C)C)C3)cc(C(C)C)c1. The van der Waals surface area contributed by atoms with E-state index >= 15 is 0 Å². The second kappa shape index (κ2) is 8.15. The van der Waals surface area contributed by atoms with E-state index in [4.69, 9.17) is 0 Å². The quantitative estimate of drug-likeness (QED) is 0.403. The first kappa shape index (κ1) is 21.6. The third-order valence-corrected chi connectivity index (χ3v) is 6.68. The smallest absolute Gasteiger partial charge is 0.00298 e. The van der Waals surface area contributed by atoms with Crippen molar-refractivity contribution in [3.63, 3.8) is 0 Å². The molecular formula is C31H36. The molecule has 0 aliphatic heterocycles. The molecule has 31 heavy (non-hydrogen) atoms. The summed E-state index contributed by atoms with van der Waals surface area (Å²) in [7, 11) is 0. The largest absolute Gasteiger partial charge is 0.0622 e. The van der Waals surface area contributed by atoms with Crippen LogP contribution in [0.1, 0.15) is 82.6 Å². The molecule has 0 heteroatoms. The Morgan fingerprint density at radius 1 is 0.710 bits per heavy atom. The van der Waals surface area contributed by atoms with Crippen molar-refractivity contribution in [3.05, 3.63) is 88.5 Å². The summed E-state index contributed by atoms with van der Waals surface area (Å²) in [5, 5.41) is 0. The zero-order valence-corrected chi connectivity index (χ0v) is 20.2. The number of benzene rings is 3. The summed E-state index contributed by atoms with van der Waals surface area (Å²) in [4.78, 5) is 0. The van der Waals surface area contributed by atoms with E-state index in [2.05, 4.69) is 115 Å². The minimum absolute atomic E-state index is 0.187. The fraction of sp³-hybridized carbons (Fsp3) is 0.355. The Balaban J connectivity index is 2.03. The Kier molecular flexibility index (Phi) is 5.69. The number of rotatable bonds is 4. The van der Waals surface area contributed by atoms with E-state index < -0.39 is 0 Å². The van der Waals surface area contributed by atoms with Crippen LogP contribution in [0.4, 0.5) is 0 Å². The van der Waals surface area contributed by atoms with Gasteiger partial charge in [0.05, 0.1) is 0 Å². The molecule has 3 aromatic rings. The lowest BCUT2D eigenvalue weighted by Gasteiger charge is -2.19. The van der Waals surface area contributed by atoms with E-state index in [1.165, 1.54) is 50.1 Å². The third-order valence-electron chi connectivity index (χ3n) is 6.68. The van der Waals surface area contributed by atoms with E-state index in [1.54, 1.807) is 0 Å². The van der Waals surface area contributed by atoms with Crippen LogP contribution in [0, 0.1) is 5.41 Å². The highest BCUT2D eigenvalue weighted by atomic mass is 14.3. The van der Waals surface area contributed by atoms with Gasteiger partial charge in [-0.3, -0.25) is 0 Å². The molecule has 0 unspecified atom stereocenters. The van der Waals surface area contributed by atoms with Gasteiger partial charge in [-0.2, -0.15) is 0 Å². The first-order chi connectivity index (χ1) is 14.6. The Morgan fingerprint density at radius 3 is 1.87 bits per heavy atom. The molecule has 0 nitrogen and oxygen atoms in total. The van der Waals surface area contributed by atoms with Gasteiger partial charge in [0.2, 0.25) is 0 Å². The summed E-state index contributed by atoms with van der Waals surface area (Å²) in [6.07, 6.45) is 3.54. The highest BCUT2D eigenvalue weighted by Gasteiger charge is 2.26. The standard InChI is InChI=1S/C31H36/c1-20(2)24-15-25(21(3)4)17-26(16-24)30-28(22-11-9-8-10-12-22)14-13-23-18-27(19-29(23)30)31(5,6)7/h8-17,19-21H,18H2,1-7H3. The summed E-state index contributed by atoms with van der Waals surface area (Å²) in [6, 6.07) is 22.8. The van der Waals surface area contributed by atoms with Crippen LogP contribution in [-0.2, 0) is 6.42 Å². The van der Waals surface area contributed by atoms with Gasteiger partial charge in [0.15, 0.2) is 0 Å². The second-order valence-corrected chi connectivity index (χ2v) is 10.7. The highest BCUT2D eigenvalue weighted by Crippen LogP contribution is 2.45. The molecule has 0 fully saturated rings. The van der Waals surface area contributed by atoms with Crippen molar-refractivity contribution in [3.8, 4) is 22.3 Å². The highest BCUT2D eigenvalue weighted by molar-refractivity contribution is 5.92. The molecule has 0 atom stereocenters. The first-order valence-electron chi connectivity index (χ1n) is 11.7. The molecule has 0 bridgehead atoms. The molecule has 0 aromatic heterocycles. The van der Waals surface area contributed by atoms with Crippen LogP contribution >= 0.6 is 0 Å². The Bertz CT molecular complexity index is 1090. The Hall–Kier alpha value is -2.60. The van der Waals surface area contributed by atoms with Gasteiger partial charge >= 0.3 is 0 Å². The molecule has 0 radical (unpaired) electrons. The summed E-state index contributed by atoms with van der Waals surface area (Å²) >= 11 is 0. The number of allylic oxidation sites excluding steroid dienone is 1. The lowest BCUT2D eigenvalue weighted by molar-refractivity contribution is 0.498. The summed E-state index contributed by atoms with van der Waals surface area (Å²) in [6.45, 7) is 16.2. The van der Waals surface area contributed by atoms with Crippen molar-refractivity contribution in [2.45, 2.75) is 66.7 Å². The average molecular weight is 409 g/mol. The van der Waals surface area contributed by atoms with Gasteiger partial charge in [0.1, 0.15) is 0 Å².